The Morgan fingerprint density at radius 1 is 1.14 bits per heavy atom. The molecule has 0 radical (unpaired) electrons. The molecule has 0 aliphatic carbocycles. The summed E-state index contributed by atoms with van der Waals surface area (Å²) in [5, 5.41) is 7.55. The molecule has 0 unspecified atom stereocenters. The van der Waals surface area contributed by atoms with E-state index in [4.69, 9.17) is 5.73 Å². The van der Waals surface area contributed by atoms with Gasteiger partial charge in [-0.15, -0.1) is 5.10 Å². The number of nitrogens with one attached hydrogen (secondary N) is 1. The maximum Gasteiger partial charge on any atom is 0.153 e. The summed E-state index contributed by atoms with van der Waals surface area (Å²) in [5.74, 6) is 0.445. The van der Waals surface area contributed by atoms with Crippen molar-refractivity contribution in [3.8, 4) is 0 Å². The van der Waals surface area contributed by atoms with Crippen LogP contribution in [0.4, 0.5) is 15.9 Å². The van der Waals surface area contributed by atoms with Crippen molar-refractivity contribution in [2.24, 2.45) is 5.73 Å². The number of aromatic nitrogens is 2. The van der Waals surface area contributed by atoms with Crippen LogP contribution in [0.2, 0.25) is 0 Å². The highest BCUT2D eigenvalue weighted by molar-refractivity contribution is 7.97. The van der Waals surface area contributed by atoms with Gasteiger partial charge >= 0.3 is 0 Å². The summed E-state index contributed by atoms with van der Waals surface area (Å²) in [5.41, 5.74) is 7.52. The highest BCUT2D eigenvalue weighted by Crippen LogP contribution is 2.22. The van der Waals surface area contributed by atoms with Gasteiger partial charge in [-0.05, 0) is 42.0 Å². The molecule has 1 heterocycles. The lowest BCUT2D eigenvalue weighted by Crippen LogP contribution is -1.96. The molecule has 0 saturated heterocycles. The fraction of sp³-hybridized carbons (Fsp3) is 0.0625. The van der Waals surface area contributed by atoms with Gasteiger partial charge in [0.25, 0.3) is 0 Å². The molecule has 3 aromatic rings. The molecular weight excluding hydrogens is 299 g/mol. The van der Waals surface area contributed by atoms with Crippen LogP contribution < -0.4 is 11.1 Å². The molecule has 0 amide bonds. The molecule has 3 rings (SSSR count). The molecule has 22 heavy (non-hydrogen) atoms. The minimum absolute atomic E-state index is 0.258. The van der Waals surface area contributed by atoms with Gasteiger partial charge in [0.05, 0.1) is 0 Å². The fourth-order valence-electron chi connectivity index (χ4n) is 1.94. The standard InChI is InChI=1S/C16H15FN4S/c17-13-4-6-14(7-5-13)19-16-8-9-21(20-16)22-15-3-1-2-12(10-15)11-18/h1-10H,11,18H2,(H,19,20). The minimum atomic E-state index is -0.258. The molecule has 4 nitrogen and oxygen atoms in total. The maximum atomic E-state index is 12.9. The molecule has 2 aromatic carbocycles. The summed E-state index contributed by atoms with van der Waals surface area (Å²) in [6.07, 6.45) is 1.87. The molecule has 6 heteroatoms. The number of benzene rings is 2. The third kappa shape index (κ3) is 3.66. The zero-order chi connectivity index (χ0) is 15.4. The summed E-state index contributed by atoms with van der Waals surface area (Å²) < 4.78 is 14.6. The Hall–Kier alpha value is -2.31. The second-order valence-corrected chi connectivity index (χ2v) is 5.71. The third-order valence-corrected chi connectivity index (χ3v) is 3.87. The third-order valence-electron chi connectivity index (χ3n) is 3.02. The molecule has 0 saturated carbocycles. The van der Waals surface area contributed by atoms with Crippen molar-refractivity contribution in [2.45, 2.75) is 11.4 Å². The molecule has 1 aromatic heterocycles. The van der Waals surface area contributed by atoms with Crippen LogP contribution in [0.5, 0.6) is 0 Å². The number of halogens is 1. The van der Waals surface area contributed by atoms with Crippen LogP contribution in [0.15, 0.2) is 65.7 Å². The van der Waals surface area contributed by atoms with E-state index in [1.165, 1.54) is 24.1 Å². The summed E-state index contributed by atoms with van der Waals surface area (Å²) >= 11 is 1.50. The van der Waals surface area contributed by atoms with Crippen LogP contribution in [0.25, 0.3) is 0 Å². The number of nitrogens with zero attached hydrogens (tertiary/aromatic N) is 2. The van der Waals surface area contributed by atoms with Gasteiger partial charge in [-0.2, -0.15) is 0 Å². The summed E-state index contributed by atoms with van der Waals surface area (Å²) in [4.78, 5) is 1.07. The van der Waals surface area contributed by atoms with Crippen LogP contribution >= 0.6 is 11.9 Å². The highest BCUT2D eigenvalue weighted by atomic mass is 32.2. The zero-order valence-corrected chi connectivity index (χ0v) is 12.6. The van der Waals surface area contributed by atoms with Crippen molar-refractivity contribution in [3.63, 3.8) is 0 Å². The molecule has 3 N–H and O–H groups in total. The van der Waals surface area contributed by atoms with E-state index < -0.39 is 0 Å². The van der Waals surface area contributed by atoms with E-state index in [1.807, 2.05) is 36.5 Å². The first-order valence-corrected chi connectivity index (χ1v) is 7.56. The Bertz CT molecular complexity index is 755. The van der Waals surface area contributed by atoms with Gasteiger partial charge in [0.1, 0.15) is 5.82 Å². The SMILES string of the molecule is NCc1cccc(Sn2ccc(Nc3ccc(F)cc3)n2)c1. The first kappa shape index (κ1) is 14.6. The molecule has 0 fully saturated rings. The van der Waals surface area contributed by atoms with Crippen molar-refractivity contribution in [1.82, 2.24) is 9.19 Å². The van der Waals surface area contributed by atoms with Crippen molar-refractivity contribution in [1.29, 1.82) is 0 Å². The van der Waals surface area contributed by atoms with E-state index >= 15 is 0 Å². The Balaban J connectivity index is 1.69. The molecule has 0 aliphatic rings. The highest BCUT2D eigenvalue weighted by Gasteiger charge is 2.02. The summed E-state index contributed by atoms with van der Waals surface area (Å²) in [6, 6.07) is 16.1. The molecule has 112 valence electrons. The van der Waals surface area contributed by atoms with Gasteiger partial charge in [-0.1, -0.05) is 12.1 Å². The second-order valence-electron chi connectivity index (χ2n) is 4.68. The van der Waals surface area contributed by atoms with Crippen molar-refractivity contribution in [3.05, 3.63) is 72.2 Å². The number of nitrogens with two attached hydrogens (primary N) is 1. The second kappa shape index (κ2) is 6.64. The molecular formula is C16H15FN4S. The summed E-state index contributed by atoms with van der Waals surface area (Å²) in [6.45, 7) is 0.519. The van der Waals surface area contributed by atoms with Gasteiger partial charge < -0.3 is 11.1 Å². The molecule has 0 bridgehead atoms. The average Bonchev–Trinajstić information content (AvgIpc) is 2.97. The maximum absolute atomic E-state index is 12.9. The predicted octanol–water partition coefficient (Wildman–Crippen LogP) is 3.78. The largest absolute Gasteiger partial charge is 0.339 e. The number of anilines is 2. The predicted molar refractivity (Wildman–Crippen MR) is 87.5 cm³/mol. The number of rotatable bonds is 5. The van der Waals surface area contributed by atoms with Gasteiger partial charge in [0.2, 0.25) is 0 Å². The minimum Gasteiger partial charge on any atom is -0.339 e. The Kier molecular flexibility index (Phi) is 4.41. The van der Waals surface area contributed by atoms with E-state index in [0.29, 0.717) is 12.4 Å². The van der Waals surface area contributed by atoms with Gasteiger partial charge in [-0.25, -0.2) is 8.48 Å². The van der Waals surface area contributed by atoms with E-state index in [0.717, 1.165) is 16.1 Å². The van der Waals surface area contributed by atoms with Crippen LogP contribution in [0, 0.1) is 5.82 Å². The van der Waals surface area contributed by atoms with Crippen LogP contribution in [-0.2, 0) is 6.54 Å². The monoisotopic (exact) mass is 314 g/mol. The Morgan fingerprint density at radius 2 is 1.95 bits per heavy atom. The Morgan fingerprint density at radius 3 is 2.73 bits per heavy atom. The molecule has 0 spiro atoms. The topological polar surface area (TPSA) is 55.9 Å². The van der Waals surface area contributed by atoms with Crippen molar-refractivity contribution in [2.75, 3.05) is 5.32 Å². The van der Waals surface area contributed by atoms with Crippen molar-refractivity contribution < 1.29 is 4.39 Å². The first-order chi connectivity index (χ1) is 10.7. The van der Waals surface area contributed by atoms with Gasteiger partial charge in [0.15, 0.2) is 5.82 Å². The molecule has 0 aliphatic heterocycles. The van der Waals surface area contributed by atoms with Gasteiger partial charge in [0, 0.05) is 41.3 Å². The molecule has 0 atom stereocenters. The van der Waals surface area contributed by atoms with Crippen LogP contribution in [0.3, 0.4) is 0 Å². The number of hydrogen-bond donors (Lipinski definition) is 2. The first-order valence-electron chi connectivity index (χ1n) is 6.78. The smallest absolute Gasteiger partial charge is 0.153 e. The normalized spacial score (nSPS) is 10.6. The lowest BCUT2D eigenvalue weighted by Gasteiger charge is -2.04. The van der Waals surface area contributed by atoms with Crippen molar-refractivity contribution >= 4 is 23.5 Å². The average molecular weight is 314 g/mol. The lowest BCUT2D eigenvalue weighted by atomic mass is 10.2. The van der Waals surface area contributed by atoms with E-state index in [-0.39, 0.29) is 5.82 Å². The van der Waals surface area contributed by atoms with Gasteiger partial charge in [-0.3, -0.25) is 0 Å². The lowest BCUT2D eigenvalue weighted by molar-refractivity contribution is 0.628. The van der Waals surface area contributed by atoms with E-state index in [1.54, 1.807) is 16.2 Å². The van der Waals surface area contributed by atoms with Crippen LogP contribution in [-0.4, -0.2) is 9.19 Å². The summed E-state index contributed by atoms with van der Waals surface area (Å²) in [7, 11) is 0. The zero-order valence-electron chi connectivity index (χ0n) is 11.7. The van der Waals surface area contributed by atoms with Crippen LogP contribution in [0.1, 0.15) is 5.56 Å². The number of hydrogen-bond acceptors (Lipinski definition) is 4. The fourth-order valence-corrected chi connectivity index (χ4v) is 2.75. The van der Waals surface area contributed by atoms with E-state index in [9.17, 15) is 4.39 Å². The van der Waals surface area contributed by atoms with E-state index in [2.05, 4.69) is 10.4 Å². The quantitative estimate of drug-likeness (QED) is 0.752. The Labute approximate surface area is 132 Å².